The molecule has 0 saturated carbocycles. The largest absolute Gasteiger partial charge is 0.490 e. The number of nitro benzene ring substituents is 1. The van der Waals surface area contributed by atoms with Crippen LogP contribution in [0, 0.1) is 10.1 Å². The number of ether oxygens (including phenoxy) is 4. The second-order valence-electron chi connectivity index (χ2n) is 5.48. The minimum absolute atomic E-state index is 0.0319. The third-order valence-corrected chi connectivity index (χ3v) is 3.71. The van der Waals surface area contributed by atoms with Crippen molar-refractivity contribution in [2.45, 2.75) is 38.6 Å². The van der Waals surface area contributed by atoms with Gasteiger partial charge in [-0.3, -0.25) is 10.1 Å². The van der Waals surface area contributed by atoms with Crippen molar-refractivity contribution in [2.75, 3.05) is 20.3 Å². The molecule has 1 saturated heterocycles. The zero-order valence-corrected chi connectivity index (χ0v) is 13.7. The van der Waals surface area contributed by atoms with E-state index in [1.54, 1.807) is 13.0 Å². The van der Waals surface area contributed by atoms with Crippen LogP contribution in [-0.4, -0.2) is 43.4 Å². The van der Waals surface area contributed by atoms with Gasteiger partial charge in [-0.2, -0.15) is 0 Å². The van der Waals surface area contributed by atoms with Gasteiger partial charge < -0.3 is 18.9 Å². The van der Waals surface area contributed by atoms with E-state index in [4.69, 9.17) is 18.9 Å². The van der Waals surface area contributed by atoms with Gasteiger partial charge in [-0.05, 0) is 31.4 Å². The normalized spacial score (nSPS) is 18.2. The van der Waals surface area contributed by atoms with Crippen molar-refractivity contribution >= 4 is 11.7 Å². The lowest BCUT2D eigenvalue weighted by molar-refractivity contribution is -0.385. The molecule has 1 heterocycles. The highest BCUT2D eigenvalue weighted by molar-refractivity contribution is 5.74. The van der Waals surface area contributed by atoms with Crippen molar-refractivity contribution in [1.82, 2.24) is 0 Å². The Morgan fingerprint density at radius 1 is 1.50 bits per heavy atom. The summed E-state index contributed by atoms with van der Waals surface area (Å²) in [6.07, 6.45) is 1.24. The first-order valence-corrected chi connectivity index (χ1v) is 7.72. The van der Waals surface area contributed by atoms with Crippen molar-refractivity contribution in [1.29, 1.82) is 0 Å². The van der Waals surface area contributed by atoms with E-state index < -0.39 is 17.0 Å². The first-order valence-electron chi connectivity index (χ1n) is 7.72. The summed E-state index contributed by atoms with van der Waals surface area (Å²) in [5.41, 5.74) is 0.330. The van der Waals surface area contributed by atoms with Crippen LogP contribution in [0.5, 0.6) is 5.75 Å². The molecule has 0 aromatic heterocycles. The molecule has 1 aliphatic heterocycles. The molecule has 1 aliphatic rings. The lowest BCUT2D eigenvalue weighted by Crippen LogP contribution is -2.27. The Balaban J connectivity index is 1.84. The minimum atomic E-state index is -0.720. The topological polar surface area (TPSA) is 97.1 Å². The number of carbonyl (C=O) groups is 1. The first-order chi connectivity index (χ1) is 11.5. The van der Waals surface area contributed by atoms with Gasteiger partial charge in [-0.15, -0.1) is 0 Å². The van der Waals surface area contributed by atoms with Gasteiger partial charge in [0.1, 0.15) is 6.61 Å². The third-order valence-electron chi connectivity index (χ3n) is 3.71. The number of nitro groups is 1. The van der Waals surface area contributed by atoms with Gasteiger partial charge in [0.15, 0.2) is 11.9 Å². The molecule has 1 fully saturated rings. The van der Waals surface area contributed by atoms with Gasteiger partial charge in [-0.1, -0.05) is 6.07 Å². The average Bonchev–Trinajstić information content (AvgIpc) is 3.10. The van der Waals surface area contributed by atoms with Gasteiger partial charge in [0, 0.05) is 12.7 Å². The number of esters is 1. The molecule has 0 N–H and O–H groups in total. The Hall–Kier alpha value is -2.19. The molecule has 1 aromatic carbocycles. The molecular formula is C16H21NO7. The molecule has 8 heteroatoms. The fourth-order valence-electron chi connectivity index (χ4n) is 2.34. The van der Waals surface area contributed by atoms with Crippen molar-refractivity contribution in [3.05, 3.63) is 33.9 Å². The van der Waals surface area contributed by atoms with Gasteiger partial charge >= 0.3 is 11.7 Å². The number of carbonyl (C=O) groups excluding carboxylic acids is 1. The Labute approximate surface area is 139 Å². The summed E-state index contributed by atoms with van der Waals surface area (Å²) in [4.78, 5) is 22.3. The Morgan fingerprint density at radius 3 is 2.92 bits per heavy atom. The summed E-state index contributed by atoms with van der Waals surface area (Å²) >= 11 is 0. The molecule has 2 atom stereocenters. The molecule has 132 valence electrons. The van der Waals surface area contributed by atoms with Crippen LogP contribution in [0.2, 0.25) is 0 Å². The lowest BCUT2D eigenvalue weighted by atomic mass is 10.2. The second-order valence-corrected chi connectivity index (χ2v) is 5.48. The predicted molar refractivity (Wildman–Crippen MR) is 83.8 cm³/mol. The second kappa shape index (κ2) is 8.60. The van der Waals surface area contributed by atoms with Crippen LogP contribution in [-0.2, 0) is 25.6 Å². The van der Waals surface area contributed by atoms with Crippen LogP contribution in [0.3, 0.4) is 0 Å². The SMILES string of the molecule is COc1ccc(COC(=O)C(C)OCC2CCCO2)cc1[N+](=O)[O-]. The third kappa shape index (κ3) is 4.90. The number of rotatable bonds is 8. The maximum absolute atomic E-state index is 11.9. The van der Waals surface area contributed by atoms with Crippen LogP contribution in [0.4, 0.5) is 5.69 Å². The van der Waals surface area contributed by atoms with Crippen molar-refractivity contribution < 1.29 is 28.7 Å². The molecular weight excluding hydrogens is 318 g/mol. The van der Waals surface area contributed by atoms with Gasteiger partial charge in [0.2, 0.25) is 0 Å². The molecule has 0 bridgehead atoms. The van der Waals surface area contributed by atoms with E-state index in [1.165, 1.54) is 19.2 Å². The van der Waals surface area contributed by atoms with Crippen molar-refractivity contribution in [3.8, 4) is 5.75 Å². The molecule has 2 unspecified atom stereocenters. The van der Waals surface area contributed by atoms with Gasteiger partial charge in [-0.25, -0.2) is 4.79 Å². The Kier molecular flexibility index (Phi) is 6.51. The summed E-state index contributed by atoms with van der Waals surface area (Å²) in [6.45, 7) is 2.61. The number of methoxy groups -OCH3 is 1. The van der Waals surface area contributed by atoms with E-state index in [2.05, 4.69) is 0 Å². The molecule has 24 heavy (non-hydrogen) atoms. The molecule has 8 nitrogen and oxygen atoms in total. The van der Waals surface area contributed by atoms with E-state index in [-0.39, 0.29) is 24.1 Å². The van der Waals surface area contributed by atoms with Gasteiger partial charge in [0.05, 0.1) is 24.7 Å². The monoisotopic (exact) mass is 339 g/mol. The summed E-state index contributed by atoms with van der Waals surface area (Å²) < 4.78 is 20.9. The number of hydrogen-bond donors (Lipinski definition) is 0. The predicted octanol–water partition coefficient (Wildman–Crippen LogP) is 2.23. The van der Waals surface area contributed by atoms with Crippen molar-refractivity contribution in [2.24, 2.45) is 0 Å². The maximum Gasteiger partial charge on any atom is 0.335 e. The van der Waals surface area contributed by atoms with Crippen LogP contribution < -0.4 is 4.74 Å². The van der Waals surface area contributed by atoms with Crippen LogP contribution in [0.1, 0.15) is 25.3 Å². The molecule has 0 aliphatic carbocycles. The highest BCUT2D eigenvalue weighted by Gasteiger charge is 2.21. The number of benzene rings is 1. The number of hydrogen-bond acceptors (Lipinski definition) is 7. The lowest BCUT2D eigenvalue weighted by Gasteiger charge is -2.15. The summed E-state index contributed by atoms with van der Waals surface area (Å²) in [6, 6.07) is 4.40. The highest BCUT2D eigenvalue weighted by Crippen LogP contribution is 2.27. The summed E-state index contributed by atoms with van der Waals surface area (Å²) in [5, 5.41) is 11.0. The number of nitrogens with zero attached hydrogens (tertiary/aromatic N) is 1. The highest BCUT2D eigenvalue weighted by atomic mass is 16.6. The van der Waals surface area contributed by atoms with E-state index in [9.17, 15) is 14.9 Å². The average molecular weight is 339 g/mol. The van der Waals surface area contributed by atoms with E-state index >= 15 is 0 Å². The van der Waals surface area contributed by atoms with E-state index in [0.29, 0.717) is 12.2 Å². The molecule has 0 radical (unpaired) electrons. The van der Waals surface area contributed by atoms with E-state index in [1.807, 2.05) is 0 Å². The molecule has 0 amide bonds. The summed E-state index contributed by atoms with van der Waals surface area (Å²) in [5.74, 6) is -0.366. The maximum atomic E-state index is 11.9. The Morgan fingerprint density at radius 2 is 2.29 bits per heavy atom. The zero-order chi connectivity index (χ0) is 17.5. The zero-order valence-electron chi connectivity index (χ0n) is 13.7. The first kappa shape index (κ1) is 18.2. The fourth-order valence-corrected chi connectivity index (χ4v) is 2.34. The molecule has 0 spiro atoms. The molecule has 2 rings (SSSR count). The van der Waals surface area contributed by atoms with Crippen LogP contribution in [0.15, 0.2) is 18.2 Å². The standard InChI is InChI=1S/C16H21NO7/c1-11(23-10-13-4-3-7-22-13)16(18)24-9-12-5-6-15(21-2)14(8-12)17(19)20/h5-6,8,11,13H,3-4,7,9-10H2,1-2H3. The van der Waals surface area contributed by atoms with Crippen molar-refractivity contribution in [3.63, 3.8) is 0 Å². The quantitative estimate of drug-likeness (QED) is 0.407. The summed E-state index contributed by atoms with van der Waals surface area (Å²) in [7, 11) is 1.36. The van der Waals surface area contributed by atoms with Gasteiger partial charge in [0.25, 0.3) is 0 Å². The molecule has 1 aromatic rings. The van der Waals surface area contributed by atoms with E-state index in [0.717, 1.165) is 19.4 Å². The van der Waals surface area contributed by atoms with Crippen LogP contribution >= 0.6 is 0 Å². The minimum Gasteiger partial charge on any atom is -0.490 e. The Bertz CT molecular complexity index is 584. The van der Waals surface area contributed by atoms with Crippen LogP contribution in [0.25, 0.3) is 0 Å². The smallest absolute Gasteiger partial charge is 0.335 e. The fraction of sp³-hybridized carbons (Fsp3) is 0.562.